The molecule has 0 saturated heterocycles. The van der Waals surface area contributed by atoms with Crippen LogP contribution in [-0.2, 0) is 6.18 Å². The molecule has 0 aliphatic heterocycles. The summed E-state index contributed by atoms with van der Waals surface area (Å²) in [5, 5.41) is 3.12. The predicted molar refractivity (Wildman–Crippen MR) is 73.2 cm³/mol. The van der Waals surface area contributed by atoms with E-state index in [1.165, 1.54) is 0 Å². The quantitative estimate of drug-likeness (QED) is 0.893. The summed E-state index contributed by atoms with van der Waals surface area (Å²) >= 11 is 0. The lowest BCUT2D eigenvalue weighted by molar-refractivity contribution is -0.140. The van der Waals surface area contributed by atoms with Crippen molar-refractivity contribution >= 4 is 11.6 Å². The average molecular weight is 290 g/mol. The normalized spacial score (nSPS) is 14.4. The van der Waals surface area contributed by atoms with Gasteiger partial charge in [-0.2, -0.15) is 13.2 Å². The van der Waals surface area contributed by atoms with Gasteiger partial charge < -0.3 is 11.1 Å². The standard InChI is InChI=1S/C13H21F3N4/c1-7(2)9(12(3,4)5)19-8-6-18-10(11(17)20-8)13(14,15)16/h6-7,9H,1-5H3,(H3,17,19,20)/t9-/m0/s1. The molecule has 0 bridgehead atoms. The minimum Gasteiger partial charge on any atom is -0.382 e. The van der Waals surface area contributed by atoms with E-state index in [4.69, 9.17) is 5.73 Å². The Labute approximate surface area is 117 Å². The molecule has 0 unspecified atom stereocenters. The Kier molecular flexibility index (Phi) is 4.51. The van der Waals surface area contributed by atoms with E-state index in [1.54, 1.807) is 0 Å². The molecule has 0 aromatic carbocycles. The first-order valence-electron chi connectivity index (χ1n) is 6.39. The van der Waals surface area contributed by atoms with E-state index in [0.717, 1.165) is 6.20 Å². The molecule has 0 aliphatic carbocycles. The number of alkyl halides is 3. The molecule has 1 rings (SSSR count). The van der Waals surface area contributed by atoms with Gasteiger partial charge >= 0.3 is 6.18 Å². The van der Waals surface area contributed by atoms with Gasteiger partial charge in [0.15, 0.2) is 11.5 Å². The minimum absolute atomic E-state index is 0.0351. The van der Waals surface area contributed by atoms with Gasteiger partial charge in [0, 0.05) is 6.04 Å². The van der Waals surface area contributed by atoms with Crippen LogP contribution in [0, 0.1) is 11.3 Å². The van der Waals surface area contributed by atoms with Gasteiger partial charge in [0.25, 0.3) is 0 Å². The predicted octanol–water partition coefficient (Wildman–Crippen LogP) is 3.56. The number of aromatic nitrogens is 2. The summed E-state index contributed by atoms with van der Waals surface area (Å²) < 4.78 is 37.7. The first-order chi connectivity index (χ1) is 8.93. The number of nitrogens with two attached hydrogens (primary N) is 1. The van der Waals surface area contributed by atoms with Crippen molar-refractivity contribution in [1.82, 2.24) is 9.97 Å². The number of halogens is 3. The van der Waals surface area contributed by atoms with Crippen molar-refractivity contribution in [3.63, 3.8) is 0 Å². The molecule has 3 N–H and O–H groups in total. The molecule has 0 spiro atoms. The molecule has 0 amide bonds. The van der Waals surface area contributed by atoms with Crippen LogP contribution in [0.25, 0.3) is 0 Å². The zero-order chi connectivity index (χ0) is 15.7. The first-order valence-corrected chi connectivity index (χ1v) is 6.39. The Morgan fingerprint density at radius 3 is 2.10 bits per heavy atom. The van der Waals surface area contributed by atoms with Gasteiger partial charge in [-0.05, 0) is 11.3 Å². The zero-order valence-electron chi connectivity index (χ0n) is 12.3. The van der Waals surface area contributed by atoms with Crippen LogP contribution in [0.15, 0.2) is 6.20 Å². The molecule has 1 atom stereocenters. The van der Waals surface area contributed by atoms with Crippen molar-refractivity contribution in [2.24, 2.45) is 11.3 Å². The van der Waals surface area contributed by atoms with Crippen molar-refractivity contribution in [2.45, 2.75) is 46.8 Å². The van der Waals surface area contributed by atoms with Crippen molar-refractivity contribution in [1.29, 1.82) is 0 Å². The molecule has 4 nitrogen and oxygen atoms in total. The van der Waals surface area contributed by atoms with E-state index >= 15 is 0 Å². The van der Waals surface area contributed by atoms with Crippen LogP contribution in [-0.4, -0.2) is 16.0 Å². The highest BCUT2D eigenvalue weighted by atomic mass is 19.4. The molecule has 0 saturated carbocycles. The van der Waals surface area contributed by atoms with Gasteiger partial charge in [-0.25, -0.2) is 9.97 Å². The summed E-state index contributed by atoms with van der Waals surface area (Å²) in [6.45, 7) is 10.2. The topological polar surface area (TPSA) is 63.8 Å². The molecule has 1 aromatic heterocycles. The fourth-order valence-electron chi connectivity index (χ4n) is 2.23. The summed E-state index contributed by atoms with van der Waals surface area (Å²) in [5.74, 6) is -0.0802. The number of hydrogen-bond acceptors (Lipinski definition) is 4. The van der Waals surface area contributed by atoms with E-state index in [2.05, 4.69) is 15.3 Å². The zero-order valence-corrected chi connectivity index (χ0v) is 12.3. The highest BCUT2D eigenvalue weighted by molar-refractivity contribution is 5.45. The monoisotopic (exact) mass is 290 g/mol. The van der Waals surface area contributed by atoms with Gasteiger partial charge in [-0.1, -0.05) is 34.6 Å². The molecule has 0 radical (unpaired) electrons. The molecule has 1 heterocycles. The van der Waals surface area contributed by atoms with Crippen molar-refractivity contribution in [2.75, 3.05) is 11.1 Å². The van der Waals surface area contributed by atoms with Crippen molar-refractivity contribution in [3.05, 3.63) is 11.9 Å². The van der Waals surface area contributed by atoms with Gasteiger partial charge in [0.2, 0.25) is 0 Å². The maximum atomic E-state index is 12.6. The van der Waals surface area contributed by atoms with Gasteiger partial charge in [0.1, 0.15) is 5.82 Å². The molecule has 7 heteroatoms. The Morgan fingerprint density at radius 1 is 1.20 bits per heavy atom. The van der Waals surface area contributed by atoms with E-state index in [-0.39, 0.29) is 23.2 Å². The van der Waals surface area contributed by atoms with Crippen LogP contribution in [0.5, 0.6) is 0 Å². The summed E-state index contributed by atoms with van der Waals surface area (Å²) in [7, 11) is 0. The number of hydrogen-bond donors (Lipinski definition) is 2. The lowest BCUT2D eigenvalue weighted by atomic mass is 9.80. The molecule has 0 aliphatic rings. The summed E-state index contributed by atoms with van der Waals surface area (Å²) in [5.41, 5.74) is 4.11. The van der Waals surface area contributed by atoms with E-state index < -0.39 is 17.7 Å². The third kappa shape index (κ3) is 3.98. The van der Waals surface area contributed by atoms with Crippen molar-refractivity contribution in [3.8, 4) is 0 Å². The third-order valence-electron chi connectivity index (χ3n) is 2.97. The van der Waals surface area contributed by atoms with Gasteiger partial charge in [-0.15, -0.1) is 0 Å². The van der Waals surface area contributed by atoms with Gasteiger partial charge in [-0.3, -0.25) is 0 Å². The number of nitrogens with zero attached hydrogens (tertiary/aromatic N) is 2. The summed E-state index contributed by atoms with van der Waals surface area (Å²) in [6.07, 6.45) is -3.52. The summed E-state index contributed by atoms with van der Waals surface area (Å²) in [4.78, 5) is 7.13. The second-order valence-corrected chi connectivity index (χ2v) is 6.22. The van der Waals surface area contributed by atoms with Crippen LogP contribution in [0.1, 0.15) is 40.3 Å². The highest BCUT2D eigenvalue weighted by Crippen LogP contribution is 2.32. The maximum Gasteiger partial charge on any atom is 0.437 e. The van der Waals surface area contributed by atoms with Crippen LogP contribution in [0.3, 0.4) is 0 Å². The second-order valence-electron chi connectivity index (χ2n) is 6.22. The first kappa shape index (κ1) is 16.5. The fourth-order valence-corrected chi connectivity index (χ4v) is 2.23. The smallest absolute Gasteiger partial charge is 0.382 e. The lowest BCUT2D eigenvalue weighted by Gasteiger charge is -2.35. The third-order valence-corrected chi connectivity index (χ3v) is 2.97. The molecule has 114 valence electrons. The number of anilines is 2. The summed E-state index contributed by atoms with van der Waals surface area (Å²) in [6, 6.07) is 0.0351. The van der Waals surface area contributed by atoms with E-state index in [1.807, 2.05) is 34.6 Å². The Bertz CT molecular complexity index is 464. The van der Waals surface area contributed by atoms with E-state index in [0.29, 0.717) is 0 Å². The largest absolute Gasteiger partial charge is 0.437 e. The molecule has 1 aromatic rings. The number of nitrogen functional groups attached to an aromatic ring is 1. The molecule has 20 heavy (non-hydrogen) atoms. The molecular formula is C13H21F3N4. The molecular weight excluding hydrogens is 269 g/mol. The Hall–Kier alpha value is -1.53. The lowest BCUT2D eigenvalue weighted by Crippen LogP contribution is -2.38. The van der Waals surface area contributed by atoms with E-state index in [9.17, 15) is 13.2 Å². The molecule has 0 fully saturated rings. The Morgan fingerprint density at radius 2 is 1.75 bits per heavy atom. The highest BCUT2D eigenvalue weighted by Gasteiger charge is 2.36. The average Bonchev–Trinajstić information content (AvgIpc) is 2.22. The number of nitrogens with one attached hydrogen (secondary N) is 1. The number of rotatable bonds is 3. The maximum absolute atomic E-state index is 12.6. The van der Waals surface area contributed by atoms with Crippen LogP contribution in [0.4, 0.5) is 24.8 Å². The van der Waals surface area contributed by atoms with Gasteiger partial charge in [0.05, 0.1) is 6.20 Å². The van der Waals surface area contributed by atoms with Crippen LogP contribution in [0.2, 0.25) is 0 Å². The Balaban J connectivity index is 3.02. The minimum atomic E-state index is -4.59. The fraction of sp³-hybridized carbons (Fsp3) is 0.692. The second kappa shape index (κ2) is 5.46. The van der Waals surface area contributed by atoms with Crippen molar-refractivity contribution < 1.29 is 13.2 Å². The SMILES string of the molecule is CC(C)[C@H](Nc1cnc(C(F)(F)F)c(N)n1)C(C)(C)C. The van der Waals surface area contributed by atoms with Crippen LogP contribution >= 0.6 is 0 Å². The van der Waals surface area contributed by atoms with Crippen LogP contribution < -0.4 is 11.1 Å².